The van der Waals surface area contributed by atoms with E-state index in [4.69, 9.17) is 9.47 Å². The van der Waals surface area contributed by atoms with Crippen LogP contribution in [0.2, 0.25) is 0 Å². The van der Waals surface area contributed by atoms with Crippen molar-refractivity contribution in [3.63, 3.8) is 0 Å². The topological polar surface area (TPSA) is 50.8 Å². The van der Waals surface area contributed by atoms with Crippen molar-refractivity contribution in [2.75, 3.05) is 31.6 Å². The summed E-state index contributed by atoms with van der Waals surface area (Å²) in [5.41, 5.74) is -0.00878. The molecular formula is C28H48N2O3. The lowest BCUT2D eigenvalue weighted by atomic mass is 9.83. The van der Waals surface area contributed by atoms with Crippen molar-refractivity contribution in [2.24, 2.45) is 11.8 Å². The van der Waals surface area contributed by atoms with Crippen LogP contribution in [0.4, 0.5) is 5.69 Å². The number of benzene rings is 1. The average molecular weight is 461 g/mol. The number of ether oxygens (including phenoxy) is 2. The molecule has 1 aliphatic rings. The maximum Gasteiger partial charge on any atom is 0.256 e. The lowest BCUT2D eigenvalue weighted by Crippen LogP contribution is -2.47. The van der Waals surface area contributed by atoms with Crippen LogP contribution in [0, 0.1) is 11.8 Å². The molecule has 1 aliphatic heterocycles. The van der Waals surface area contributed by atoms with Gasteiger partial charge in [0.2, 0.25) is 0 Å². The van der Waals surface area contributed by atoms with Gasteiger partial charge in [0.1, 0.15) is 11.4 Å². The van der Waals surface area contributed by atoms with E-state index in [1.54, 1.807) is 0 Å². The number of anilines is 1. The predicted octanol–water partition coefficient (Wildman–Crippen LogP) is 6.53. The minimum absolute atomic E-state index is 0.0392. The summed E-state index contributed by atoms with van der Waals surface area (Å²) in [5.74, 6) is 1.55. The van der Waals surface area contributed by atoms with E-state index >= 15 is 0 Å². The molecule has 0 spiro atoms. The minimum Gasteiger partial charge on any atom is -0.494 e. The van der Waals surface area contributed by atoms with Gasteiger partial charge in [0, 0.05) is 24.9 Å². The van der Waals surface area contributed by atoms with Gasteiger partial charge in [0.05, 0.1) is 6.61 Å². The van der Waals surface area contributed by atoms with Crippen molar-refractivity contribution in [1.29, 1.82) is 0 Å². The number of carbonyl (C=O) groups is 1. The van der Waals surface area contributed by atoms with Crippen molar-refractivity contribution in [2.45, 2.75) is 98.1 Å². The Balaban J connectivity index is 1.91. The number of nitrogens with zero attached hydrogens (tertiary/aromatic N) is 1. The molecule has 1 fully saturated rings. The molecule has 1 atom stereocenters. The van der Waals surface area contributed by atoms with Crippen LogP contribution in [0.3, 0.4) is 0 Å². The van der Waals surface area contributed by atoms with E-state index in [1.165, 1.54) is 25.8 Å². The molecule has 0 aliphatic carbocycles. The fourth-order valence-electron chi connectivity index (χ4n) is 4.90. The SMILES string of the molecule is CCCOC(CC(C)C)(CC(C)C)C(=O)Nc1ccc(OCCCN2CCCC[C@@H]2C)cc1. The number of amides is 1. The Kier molecular flexibility index (Phi) is 11.7. The van der Waals surface area contributed by atoms with Gasteiger partial charge in [0.15, 0.2) is 0 Å². The third-order valence-electron chi connectivity index (χ3n) is 6.38. The van der Waals surface area contributed by atoms with E-state index in [0.29, 0.717) is 43.9 Å². The first-order valence-electron chi connectivity index (χ1n) is 13.2. The summed E-state index contributed by atoms with van der Waals surface area (Å²) in [6.45, 7) is 16.6. The molecule has 2 rings (SSSR count). The summed E-state index contributed by atoms with van der Waals surface area (Å²) >= 11 is 0. The fourth-order valence-corrected chi connectivity index (χ4v) is 4.90. The van der Waals surface area contributed by atoms with Gasteiger partial charge in [0.25, 0.3) is 5.91 Å². The smallest absolute Gasteiger partial charge is 0.256 e. The summed E-state index contributed by atoms with van der Waals surface area (Å²) in [5, 5.41) is 3.12. The average Bonchev–Trinajstić information content (AvgIpc) is 2.76. The van der Waals surface area contributed by atoms with E-state index in [2.05, 4.69) is 51.8 Å². The minimum atomic E-state index is -0.793. The second-order valence-corrected chi connectivity index (χ2v) is 10.6. The van der Waals surface area contributed by atoms with E-state index in [-0.39, 0.29) is 5.91 Å². The molecule has 0 radical (unpaired) electrons. The van der Waals surface area contributed by atoms with E-state index in [0.717, 1.165) is 30.8 Å². The molecule has 1 aromatic rings. The standard InChI is InChI=1S/C28H48N2O3/c1-7-18-33-28(20-22(2)3,21-23(4)5)27(31)29-25-12-14-26(15-13-25)32-19-10-17-30-16-9-8-11-24(30)6/h12-15,22-24H,7-11,16-21H2,1-6H3,(H,29,31)/t24-/m0/s1. The Morgan fingerprint density at radius 1 is 1.09 bits per heavy atom. The number of carbonyl (C=O) groups excluding carboxylic acids is 1. The van der Waals surface area contributed by atoms with Crippen LogP contribution < -0.4 is 10.1 Å². The zero-order valence-corrected chi connectivity index (χ0v) is 22.0. The highest BCUT2D eigenvalue weighted by molar-refractivity contribution is 5.97. The summed E-state index contributed by atoms with van der Waals surface area (Å²) in [4.78, 5) is 16.0. The van der Waals surface area contributed by atoms with Crippen LogP contribution in [0.25, 0.3) is 0 Å². The first-order valence-corrected chi connectivity index (χ1v) is 13.2. The number of nitrogens with one attached hydrogen (secondary N) is 1. The molecule has 1 heterocycles. The van der Waals surface area contributed by atoms with Crippen molar-refractivity contribution in [3.8, 4) is 5.75 Å². The summed E-state index contributed by atoms with van der Waals surface area (Å²) < 4.78 is 12.2. The van der Waals surface area contributed by atoms with Crippen LogP contribution in [0.5, 0.6) is 5.75 Å². The number of likely N-dealkylation sites (tertiary alicyclic amines) is 1. The van der Waals surface area contributed by atoms with Crippen molar-refractivity contribution >= 4 is 11.6 Å². The molecule has 0 unspecified atom stereocenters. The second kappa shape index (κ2) is 14.0. The normalized spacial score (nSPS) is 17.5. The molecule has 0 aromatic heterocycles. The molecule has 1 aromatic carbocycles. The molecule has 0 bridgehead atoms. The zero-order valence-electron chi connectivity index (χ0n) is 22.0. The van der Waals surface area contributed by atoms with Gasteiger partial charge in [-0.1, -0.05) is 41.0 Å². The Labute approximate surface area is 202 Å². The highest BCUT2D eigenvalue weighted by atomic mass is 16.5. The molecular weight excluding hydrogens is 412 g/mol. The third kappa shape index (κ3) is 9.29. The number of hydrogen-bond acceptors (Lipinski definition) is 4. The van der Waals surface area contributed by atoms with Crippen LogP contribution in [0.15, 0.2) is 24.3 Å². The monoisotopic (exact) mass is 460 g/mol. The number of hydrogen-bond donors (Lipinski definition) is 1. The van der Waals surface area contributed by atoms with Crippen molar-refractivity contribution in [1.82, 2.24) is 4.90 Å². The molecule has 5 heteroatoms. The molecule has 5 nitrogen and oxygen atoms in total. The predicted molar refractivity (Wildman–Crippen MR) is 138 cm³/mol. The van der Waals surface area contributed by atoms with Crippen LogP contribution in [-0.2, 0) is 9.53 Å². The van der Waals surface area contributed by atoms with Gasteiger partial charge in [-0.25, -0.2) is 0 Å². The van der Waals surface area contributed by atoms with Gasteiger partial charge in [-0.15, -0.1) is 0 Å². The summed E-state index contributed by atoms with van der Waals surface area (Å²) in [6, 6.07) is 8.43. The maximum absolute atomic E-state index is 13.4. The molecule has 0 saturated carbocycles. The van der Waals surface area contributed by atoms with E-state index in [1.807, 2.05) is 24.3 Å². The van der Waals surface area contributed by atoms with Crippen LogP contribution in [0.1, 0.15) is 86.5 Å². The van der Waals surface area contributed by atoms with Gasteiger partial charge >= 0.3 is 0 Å². The lowest BCUT2D eigenvalue weighted by molar-refractivity contribution is -0.147. The second-order valence-electron chi connectivity index (χ2n) is 10.6. The summed E-state index contributed by atoms with van der Waals surface area (Å²) in [7, 11) is 0. The highest BCUT2D eigenvalue weighted by Gasteiger charge is 2.40. The molecule has 1 N–H and O–H groups in total. The summed E-state index contributed by atoms with van der Waals surface area (Å²) in [6.07, 6.45) is 7.35. The Morgan fingerprint density at radius 3 is 2.33 bits per heavy atom. The van der Waals surface area contributed by atoms with Gasteiger partial charge in [-0.2, -0.15) is 0 Å². The van der Waals surface area contributed by atoms with Crippen molar-refractivity contribution < 1.29 is 14.3 Å². The van der Waals surface area contributed by atoms with Gasteiger partial charge in [-0.05, 0) is 88.1 Å². The quantitative estimate of drug-likeness (QED) is 0.321. The van der Waals surface area contributed by atoms with Crippen molar-refractivity contribution in [3.05, 3.63) is 24.3 Å². The lowest BCUT2D eigenvalue weighted by Gasteiger charge is -2.35. The molecule has 1 amide bonds. The Morgan fingerprint density at radius 2 is 1.76 bits per heavy atom. The Hall–Kier alpha value is -1.59. The molecule has 188 valence electrons. The first kappa shape index (κ1) is 27.7. The highest BCUT2D eigenvalue weighted by Crippen LogP contribution is 2.31. The van der Waals surface area contributed by atoms with E-state index in [9.17, 15) is 4.79 Å². The number of piperidine rings is 1. The van der Waals surface area contributed by atoms with Gasteiger partial charge < -0.3 is 19.7 Å². The number of rotatable bonds is 14. The maximum atomic E-state index is 13.4. The van der Waals surface area contributed by atoms with Gasteiger partial charge in [-0.3, -0.25) is 4.79 Å². The first-order chi connectivity index (χ1) is 15.8. The zero-order chi connectivity index (χ0) is 24.3. The fraction of sp³-hybridized carbons (Fsp3) is 0.750. The van der Waals surface area contributed by atoms with Crippen LogP contribution >= 0.6 is 0 Å². The van der Waals surface area contributed by atoms with Crippen LogP contribution in [-0.4, -0.2) is 48.8 Å². The Bertz CT molecular complexity index is 677. The molecule has 1 saturated heterocycles. The molecule has 33 heavy (non-hydrogen) atoms. The third-order valence-corrected chi connectivity index (χ3v) is 6.38. The largest absolute Gasteiger partial charge is 0.494 e. The van der Waals surface area contributed by atoms with E-state index < -0.39 is 5.60 Å².